The van der Waals surface area contributed by atoms with E-state index in [1.807, 2.05) is 6.92 Å². The second-order valence-corrected chi connectivity index (χ2v) is 6.67. The van der Waals surface area contributed by atoms with Gasteiger partial charge in [-0.1, -0.05) is 23.2 Å². The molecule has 0 radical (unpaired) electrons. The molecule has 8 heteroatoms. The number of amides is 2. The normalized spacial score (nSPS) is 13.9. The third-order valence-electron chi connectivity index (χ3n) is 3.77. The summed E-state index contributed by atoms with van der Waals surface area (Å²) < 4.78 is 11.0. The number of ether oxygens (including phenoxy) is 2. The first-order valence-corrected chi connectivity index (χ1v) is 8.59. The van der Waals surface area contributed by atoms with E-state index >= 15 is 0 Å². The number of benzene rings is 2. The van der Waals surface area contributed by atoms with Crippen LogP contribution in [0.5, 0.6) is 11.5 Å². The van der Waals surface area contributed by atoms with Gasteiger partial charge in [0, 0.05) is 11.1 Å². The van der Waals surface area contributed by atoms with E-state index in [9.17, 15) is 9.59 Å². The highest BCUT2D eigenvalue weighted by atomic mass is 35.5. The van der Waals surface area contributed by atoms with Crippen LogP contribution in [-0.2, 0) is 9.59 Å². The molecule has 0 fully saturated rings. The first-order valence-electron chi connectivity index (χ1n) is 7.83. The smallest absolute Gasteiger partial charge is 0.265 e. The maximum absolute atomic E-state index is 12.4. The van der Waals surface area contributed by atoms with Gasteiger partial charge >= 0.3 is 0 Å². The Bertz CT molecular complexity index is 886. The summed E-state index contributed by atoms with van der Waals surface area (Å²) in [5.74, 6) is 0.373. The summed E-state index contributed by atoms with van der Waals surface area (Å²) in [5.41, 5.74) is 1.66. The molecule has 26 heavy (non-hydrogen) atoms. The van der Waals surface area contributed by atoms with E-state index in [1.165, 1.54) is 6.07 Å². The highest BCUT2D eigenvalue weighted by Gasteiger charge is 2.21. The van der Waals surface area contributed by atoms with Gasteiger partial charge in [0.05, 0.1) is 16.4 Å². The van der Waals surface area contributed by atoms with Crippen LogP contribution in [0.4, 0.5) is 11.4 Å². The lowest BCUT2D eigenvalue weighted by Crippen LogP contribution is -2.30. The summed E-state index contributed by atoms with van der Waals surface area (Å²) >= 11 is 12.1. The lowest BCUT2D eigenvalue weighted by molar-refractivity contribution is -0.122. The van der Waals surface area contributed by atoms with Crippen LogP contribution in [0, 0.1) is 6.92 Å². The van der Waals surface area contributed by atoms with Crippen molar-refractivity contribution in [2.45, 2.75) is 20.0 Å². The second-order valence-electron chi connectivity index (χ2n) is 5.82. The molecule has 0 aliphatic carbocycles. The van der Waals surface area contributed by atoms with Gasteiger partial charge < -0.3 is 20.1 Å². The number of hydrogen-bond acceptors (Lipinski definition) is 4. The minimum Gasteiger partial charge on any atom is -0.482 e. The number of carbonyl (C=O) groups is 2. The first-order chi connectivity index (χ1) is 12.3. The second kappa shape index (κ2) is 7.43. The van der Waals surface area contributed by atoms with Crippen LogP contribution in [0.15, 0.2) is 30.3 Å². The fourth-order valence-electron chi connectivity index (χ4n) is 2.42. The molecule has 0 aromatic heterocycles. The molecule has 1 aliphatic heterocycles. The highest BCUT2D eigenvalue weighted by molar-refractivity contribution is 6.34. The fraction of sp³-hybridized carbons (Fsp3) is 0.222. The molecule has 0 bridgehead atoms. The summed E-state index contributed by atoms with van der Waals surface area (Å²) in [7, 11) is 0. The third-order valence-corrected chi connectivity index (χ3v) is 4.32. The van der Waals surface area contributed by atoms with Gasteiger partial charge in [0.25, 0.3) is 11.8 Å². The Morgan fingerprint density at radius 3 is 2.81 bits per heavy atom. The van der Waals surface area contributed by atoms with E-state index in [0.29, 0.717) is 27.9 Å². The average molecular weight is 395 g/mol. The van der Waals surface area contributed by atoms with Crippen molar-refractivity contribution in [2.75, 3.05) is 17.2 Å². The molecule has 1 atom stereocenters. The molecule has 2 aromatic rings. The van der Waals surface area contributed by atoms with E-state index in [4.69, 9.17) is 32.7 Å². The Hall–Kier alpha value is -2.44. The molecule has 0 saturated carbocycles. The number of rotatable bonds is 4. The molecular formula is C18H16Cl2N2O4. The fourth-order valence-corrected chi connectivity index (χ4v) is 2.86. The number of fused-ring (bicyclic) bond motifs is 1. The number of aryl methyl sites for hydroxylation is 1. The lowest BCUT2D eigenvalue weighted by Gasteiger charge is -2.21. The molecule has 0 saturated heterocycles. The van der Waals surface area contributed by atoms with Crippen molar-refractivity contribution in [2.24, 2.45) is 0 Å². The molecule has 2 amide bonds. The molecule has 0 spiro atoms. The summed E-state index contributed by atoms with van der Waals surface area (Å²) in [4.78, 5) is 23.8. The topological polar surface area (TPSA) is 76.7 Å². The van der Waals surface area contributed by atoms with Crippen LogP contribution >= 0.6 is 23.2 Å². The lowest BCUT2D eigenvalue weighted by atomic mass is 10.2. The average Bonchev–Trinajstić information content (AvgIpc) is 2.58. The SMILES string of the molecule is Cc1cc(Cl)ccc1OC(C)C(=O)Nc1cc2c(cc1Cl)NC(=O)CO2. The zero-order valence-corrected chi connectivity index (χ0v) is 15.6. The van der Waals surface area contributed by atoms with Gasteiger partial charge in [0.2, 0.25) is 0 Å². The summed E-state index contributed by atoms with van der Waals surface area (Å²) in [6.07, 6.45) is -0.761. The Morgan fingerprint density at radius 1 is 1.31 bits per heavy atom. The minimum atomic E-state index is -0.761. The molecule has 1 unspecified atom stereocenters. The molecular weight excluding hydrogens is 379 g/mol. The number of anilines is 2. The van der Waals surface area contributed by atoms with Gasteiger partial charge in [-0.25, -0.2) is 0 Å². The summed E-state index contributed by atoms with van der Waals surface area (Å²) in [5, 5.41) is 6.23. The van der Waals surface area contributed by atoms with E-state index < -0.39 is 6.10 Å². The third kappa shape index (κ3) is 4.03. The first kappa shape index (κ1) is 18.4. The standard InChI is InChI=1S/C18H16Cl2N2O4/c1-9-5-11(19)3-4-15(9)26-10(2)18(24)22-13-7-16-14(6-12(13)20)21-17(23)8-25-16/h3-7,10H,8H2,1-2H3,(H,21,23)(H,22,24). The van der Waals surface area contributed by atoms with Gasteiger partial charge in [-0.3, -0.25) is 9.59 Å². The van der Waals surface area contributed by atoms with Gasteiger partial charge in [-0.2, -0.15) is 0 Å². The number of hydrogen-bond donors (Lipinski definition) is 2. The number of nitrogens with one attached hydrogen (secondary N) is 2. The van der Waals surface area contributed by atoms with E-state index in [-0.39, 0.29) is 23.4 Å². The molecule has 3 rings (SSSR count). The Balaban J connectivity index is 1.72. The molecule has 136 valence electrons. The molecule has 6 nitrogen and oxygen atoms in total. The van der Waals surface area contributed by atoms with Crippen LogP contribution in [-0.4, -0.2) is 24.5 Å². The summed E-state index contributed by atoms with van der Waals surface area (Å²) in [6.45, 7) is 3.39. The van der Waals surface area contributed by atoms with Gasteiger partial charge in [-0.15, -0.1) is 0 Å². The highest BCUT2D eigenvalue weighted by Crippen LogP contribution is 2.36. The maximum Gasteiger partial charge on any atom is 0.265 e. The number of halogens is 2. The van der Waals surface area contributed by atoms with Crippen molar-refractivity contribution in [1.29, 1.82) is 0 Å². The number of carbonyl (C=O) groups excluding carboxylic acids is 2. The van der Waals surface area contributed by atoms with Crippen LogP contribution < -0.4 is 20.1 Å². The van der Waals surface area contributed by atoms with E-state index in [0.717, 1.165) is 5.56 Å². The van der Waals surface area contributed by atoms with E-state index in [2.05, 4.69) is 10.6 Å². The Kier molecular flexibility index (Phi) is 5.25. The van der Waals surface area contributed by atoms with Crippen molar-refractivity contribution in [3.05, 3.63) is 45.9 Å². The van der Waals surface area contributed by atoms with Crippen molar-refractivity contribution < 1.29 is 19.1 Å². The van der Waals surface area contributed by atoms with E-state index in [1.54, 1.807) is 31.2 Å². The van der Waals surface area contributed by atoms with Gasteiger partial charge in [0.1, 0.15) is 11.5 Å². The van der Waals surface area contributed by atoms with Crippen molar-refractivity contribution in [3.63, 3.8) is 0 Å². The van der Waals surface area contributed by atoms with Crippen molar-refractivity contribution in [3.8, 4) is 11.5 Å². The molecule has 1 aliphatic rings. The minimum absolute atomic E-state index is 0.0859. The largest absolute Gasteiger partial charge is 0.482 e. The monoisotopic (exact) mass is 394 g/mol. The van der Waals surface area contributed by atoms with Crippen LogP contribution in [0.2, 0.25) is 10.0 Å². The zero-order valence-electron chi connectivity index (χ0n) is 14.1. The maximum atomic E-state index is 12.4. The van der Waals surface area contributed by atoms with Crippen LogP contribution in [0.25, 0.3) is 0 Å². The quantitative estimate of drug-likeness (QED) is 0.820. The predicted octanol–water partition coefficient (Wildman–Crippen LogP) is 4.04. The van der Waals surface area contributed by atoms with Crippen molar-refractivity contribution >= 4 is 46.4 Å². The summed E-state index contributed by atoms with van der Waals surface area (Å²) in [6, 6.07) is 8.26. The van der Waals surface area contributed by atoms with Crippen LogP contribution in [0.3, 0.4) is 0 Å². The molecule has 1 heterocycles. The molecule has 2 aromatic carbocycles. The molecule has 2 N–H and O–H groups in total. The van der Waals surface area contributed by atoms with Gasteiger partial charge in [0.15, 0.2) is 12.7 Å². The van der Waals surface area contributed by atoms with Crippen LogP contribution in [0.1, 0.15) is 12.5 Å². The van der Waals surface area contributed by atoms with Gasteiger partial charge in [-0.05, 0) is 43.7 Å². The Morgan fingerprint density at radius 2 is 2.08 bits per heavy atom. The van der Waals surface area contributed by atoms with Crippen molar-refractivity contribution in [1.82, 2.24) is 0 Å². The zero-order chi connectivity index (χ0) is 18.8. The predicted molar refractivity (Wildman–Crippen MR) is 100 cm³/mol. The Labute approximate surface area is 160 Å².